The number of nitrogens with one attached hydrogen (secondary N) is 2. The molecule has 6 heteroatoms. The molecule has 0 radical (unpaired) electrons. The van der Waals surface area contributed by atoms with Crippen molar-refractivity contribution >= 4 is 22.6 Å². The van der Waals surface area contributed by atoms with E-state index in [1.54, 1.807) is 6.92 Å². The molecule has 0 aliphatic rings. The van der Waals surface area contributed by atoms with Gasteiger partial charge in [-0.1, -0.05) is 42.5 Å². The SMILES string of the molecule is COCC(N)C(=O)NC(C)C(=O)NCc1cccc2ccccc12. The first-order valence-electron chi connectivity index (χ1n) is 7.82. The summed E-state index contributed by atoms with van der Waals surface area (Å²) >= 11 is 0. The second-order valence-corrected chi connectivity index (χ2v) is 5.65. The first-order chi connectivity index (χ1) is 11.5. The molecule has 128 valence electrons. The predicted molar refractivity (Wildman–Crippen MR) is 93.3 cm³/mol. The maximum absolute atomic E-state index is 12.2. The van der Waals surface area contributed by atoms with Crippen LogP contribution in [0.4, 0.5) is 0 Å². The van der Waals surface area contributed by atoms with Crippen molar-refractivity contribution in [1.82, 2.24) is 10.6 Å². The van der Waals surface area contributed by atoms with Gasteiger partial charge in [0.1, 0.15) is 12.1 Å². The fourth-order valence-electron chi connectivity index (χ4n) is 2.42. The summed E-state index contributed by atoms with van der Waals surface area (Å²) in [7, 11) is 1.47. The van der Waals surface area contributed by atoms with Crippen molar-refractivity contribution in [2.75, 3.05) is 13.7 Å². The highest BCUT2D eigenvalue weighted by Crippen LogP contribution is 2.18. The molecule has 0 saturated carbocycles. The second kappa shape index (κ2) is 8.42. The molecule has 2 aromatic rings. The Kier molecular flexibility index (Phi) is 6.28. The van der Waals surface area contributed by atoms with Crippen LogP contribution >= 0.6 is 0 Å². The number of carbonyl (C=O) groups is 2. The monoisotopic (exact) mass is 329 g/mol. The van der Waals surface area contributed by atoms with Crippen molar-refractivity contribution in [2.24, 2.45) is 5.73 Å². The van der Waals surface area contributed by atoms with Gasteiger partial charge in [0.25, 0.3) is 0 Å². The second-order valence-electron chi connectivity index (χ2n) is 5.65. The quantitative estimate of drug-likeness (QED) is 0.704. The lowest BCUT2D eigenvalue weighted by atomic mass is 10.0. The summed E-state index contributed by atoms with van der Waals surface area (Å²) < 4.78 is 4.83. The number of nitrogens with two attached hydrogens (primary N) is 1. The minimum atomic E-state index is -0.789. The molecule has 0 aliphatic heterocycles. The predicted octanol–water partition coefficient (Wildman–Crippen LogP) is 0.934. The maximum atomic E-state index is 12.2. The van der Waals surface area contributed by atoms with Gasteiger partial charge in [0, 0.05) is 13.7 Å². The highest BCUT2D eigenvalue weighted by Gasteiger charge is 2.19. The van der Waals surface area contributed by atoms with E-state index < -0.39 is 18.0 Å². The van der Waals surface area contributed by atoms with Crippen molar-refractivity contribution < 1.29 is 14.3 Å². The van der Waals surface area contributed by atoms with Crippen molar-refractivity contribution in [1.29, 1.82) is 0 Å². The molecule has 2 amide bonds. The number of methoxy groups -OCH3 is 1. The van der Waals surface area contributed by atoms with Crippen LogP contribution in [-0.4, -0.2) is 37.6 Å². The van der Waals surface area contributed by atoms with E-state index in [-0.39, 0.29) is 12.5 Å². The zero-order valence-corrected chi connectivity index (χ0v) is 13.9. The molecule has 0 spiro atoms. The van der Waals surface area contributed by atoms with Gasteiger partial charge in [0.05, 0.1) is 6.61 Å². The Morgan fingerprint density at radius 2 is 1.83 bits per heavy atom. The fraction of sp³-hybridized carbons (Fsp3) is 0.333. The molecule has 4 N–H and O–H groups in total. The van der Waals surface area contributed by atoms with Crippen LogP contribution in [0.3, 0.4) is 0 Å². The molecule has 2 rings (SSSR count). The summed E-state index contributed by atoms with van der Waals surface area (Å²) in [6.45, 7) is 2.12. The Labute approximate surface area is 141 Å². The third-order valence-electron chi connectivity index (χ3n) is 3.77. The van der Waals surface area contributed by atoms with Crippen LogP contribution in [0, 0.1) is 0 Å². The van der Waals surface area contributed by atoms with Gasteiger partial charge in [0.15, 0.2) is 0 Å². The standard InChI is InChI=1S/C18H23N3O3/c1-12(21-18(23)16(19)11-24-2)17(22)20-10-14-8-5-7-13-6-3-4-9-15(13)14/h3-9,12,16H,10-11,19H2,1-2H3,(H,20,22)(H,21,23). The Hall–Kier alpha value is -2.44. The van der Waals surface area contributed by atoms with Crippen molar-refractivity contribution in [3.63, 3.8) is 0 Å². The Balaban J connectivity index is 1.93. The average molecular weight is 329 g/mol. The molecule has 0 saturated heterocycles. The van der Waals surface area contributed by atoms with Crippen LogP contribution < -0.4 is 16.4 Å². The minimum Gasteiger partial charge on any atom is -0.383 e. The molecule has 2 atom stereocenters. The van der Waals surface area contributed by atoms with E-state index in [1.165, 1.54) is 7.11 Å². The first-order valence-corrected chi connectivity index (χ1v) is 7.82. The molecule has 0 bridgehead atoms. The number of benzene rings is 2. The van der Waals surface area contributed by atoms with E-state index >= 15 is 0 Å². The van der Waals surface area contributed by atoms with Gasteiger partial charge in [0.2, 0.25) is 11.8 Å². The molecule has 0 aromatic heterocycles. The van der Waals surface area contributed by atoms with Gasteiger partial charge >= 0.3 is 0 Å². The number of rotatable bonds is 7. The molecule has 6 nitrogen and oxygen atoms in total. The summed E-state index contributed by atoms with van der Waals surface area (Å²) in [4.78, 5) is 24.0. The zero-order chi connectivity index (χ0) is 17.5. The summed E-state index contributed by atoms with van der Waals surface area (Å²) in [6.07, 6.45) is 0. The Morgan fingerprint density at radius 3 is 2.58 bits per heavy atom. The Bertz CT molecular complexity index is 712. The van der Waals surface area contributed by atoms with Crippen LogP contribution in [-0.2, 0) is 20.9 Å². The Morgan fingerprint density at radius 1 is 1.12 bits per heavy atom. The van der Waals surface area contributed by atoms with E-state index in [1.807, 2.05) is 42.5 Å². The molecule has 0 fully saturated rings. The van der Waals surface area contributed by atoms with Crippen LogP contribution in [0.1, 0.15) is 12.5 Å². The smallest absolute Gasteiger partial charge is 0.242 e. The highest BCUT2D eigenvalue weighted by molar-refractivity contribution is 5.90. The summed E-state index contributed by atoms with van der Waals surface area (Å²) in [5.41, 5.74) is 6.66. The first kappa shape index (κ1) is 17.9. The summed E-state index contributed by atoms with van der Waals surface area (Å²) in [5.74, 6) is -0.675. The highest BCUT2D eigenvalue weighted by atomic mass is 16.5. The normalized spacial score (nSPS) is 13.3. The molecule has 0 aliphatic carbocycles. The van der Waals surface area contributed by atoms with Gasteiger partial charge < -0.3 is 21.1 Å². The zero-order valence-electron chi connectivity index (χ0n) is 13.9. The van der Waals surface area contributed by atoms with Crippen molar-refractivity contribution in [3.8, 4) is 0 Å². The van der Waals surface area contributed by atoms with E-state index in [4.69, 9.17) is 10.5 Å². The lowest BCUT2D eigenvalue weighted by Gasteiger charge is -2.17. The van der Waals surface area contributed by atoms with E-state index in [9.17, 15) is 9.59 Å². The fourth-order valence-corrected chi connectivity index (χ4v) is 2.42. The molecule has 0 heterocycles. The number of amides is 2. The van der Waals surface area contributed by atoms with Crippen LogP contribution in [0.5, 0.6) is 0 Å². The molecular weight excluding hydrogens is 306 g/mol. The third-order valence-corrected chi connectivity index (χ3v) is 3.77. The van der Waals surface area contributed by atoms with Crippen molar-refractivity contribution in [2.45, 2.75) is 25.6 Å². The van der Waals surface area contributed by atoms with E-state index in [0.717, 1.165) is 16.3 Å². The van der Waals surface area contributed by atoms with Gasteiger partial charge in [-0.15, -0.1) is 0 Å². The number of fused-ring (bicyclic) bond motifs is 1. The molecule has 24 heavy (non-hydrogen) atoms. The number of hydrogen-bond donors (Lipinski definition) is 3. The number of hydrogen-bond acceptors (Lipinski definition) is 4. The van der Waals surface area contributed by atoms with Gasteiger partial charge in [-0.05, 0) is 23.3 Å². The average Bonchev–Trinajstić information content (AvgIpc) is 2.59. The maximum Gasteiger partial charge on any atom is 0.242 e. The molecule has 2 aromatic carbocycles. The lowest BCUT2D eigenvalue weighted by Crippen LogP contribution is -2.51. The number of ether oxygens (including phenoxy) is 1. The lowest BCUT2D eigenvalue weighted by molar-refractivity contribution is -0.129. The van der Waals surface area contributed by atoms with Gasteiger partial charge in [-0.25, -0.2) is 0 Å². The molecular formula is C18H23N3O3. The van der Waals surface area contributed by atoms with Crippen LogP contribution in [0.15, 0.2) is 42.5 Å². The van der Waals surface area contributed by atoms with Crippen molar-refractivity contribution in [3.05, 3.63) is 48.0 Å². The largest absolute Gasteiger partial charge is 0.383 e. The van der Waals surface area contributed by atoms with E-state index in [0.29, 0.717) is 6.54 Å². The topological polar surface area (TPSA) is 93.4 Å². The van der Waals surface area contributed by atoms with Gasteiger partial charge in [-0.3, -0.25) is 9.59 Å². The van der Waals surface area contributed by atoms with Crippen LogP contribution in [0.2, 0.25) is 0 Å². The molecule has 2 unspecified atom stereocenters. The van der Waals surface area contributed by atoms with Gasteiger partial charge in [-0.2, -0.15) is 0 Å². The van der Waals surface area contributed by atoms with Crippen LogP contribution in [0.25, 0.3) is 10.8 Å². The number of carbonyl (C=O) groups excluding carboxylic acids is 2. The van der Waals surface area contributed by atoms with E-state index in [2.05, 4.69) is 10.6 Å². The minimum absolute atomic E-state index is 0.107. The third kappa shape index (κ3) is 4.53. The summed E-state index contributed by atoms with van der Waals surface area (Å²) in [5, 5.41) is 7.64. The summed E-state index contributed by atoms with van der Waals surface area (Å²) in [6, 6.07) is 12.5.